The van der Waals surface area contributed by atoms with Gasteiger partial charge in [-0.15, -0.1) is 0 Å². The van der Waals surface area contributed by atoms with Crippen molar-refractivity contribution in [2.24, 2.45) is 0 Å². The summed E-state index contributed by atoms with van der Waals surface area (Å²) in [5.41, 5.74) is 12.5. The lowest BCUT2D eigenvalue weighted by atomic mass is 9.97. The van der Waals surface area contributed by atoms with Crippen LogP contribution in [0.4, 0.5) is 18.9 Å². The highest BCUT2D eigenvalue weighted by Gasteiger charge is 2.31. The van der Waals surface area contributed by atoms with Crippen molar-refractivity contribution in [3.05, 3.63) is 197 Å². The quantitative estimate of drug-likeness (QED) is 0.155. The molecule has 2 aromatic heterocycles. The van der Waals surface area contributed by atoms with Gasteiger partial charge in [0.2, 0.25) is 0 Å². The maximum Gasteiger partial charge on any atom is 0.416 e. The summed E-state index contributed by atoms with van der Waals surface area (Å²) >= 11 is 0. The second-order valence-corrected chi connectivity index (χ2v) is 15.5. The van der Waals surface area contributed by atoms with E-state index in [9.17, 15) is 13.2 Å². The first-order chi connectivity index (χ1) is 28.6. The summed E-state index contributed by atoms with van der Waals surface area (Å²) in [7, 11) is 0. The summed E-state index contributed by atoms with van der Waals surface area (Å²) in [6.45, 7) is 14.3. The van der Waals surface area contributed by atoms with E-state index in [1.165, 1.54) is 11.1 Å². The number of fused-ring (bicyclic) bond motifs is 6. The van der Waals surface area contributed by atoms with Crippen LogP contribution in [0.5, 0.6) is 0 Å². The summed E-state index contributed by atoms with van der Waals surface area (Å²) < 4.78 is 47.5. The molecule has 0 N–H and O–H groups in total. The smallest absolute Gasteiger partial charge is 0.308 e. The Morgan fingerprint density at radius 1 is 0.424 bits per heavy atom. The Morgan fingerprint density at radius 3 is 1.37 bits per heavy atom. The maximum absolute atomic E-state index is 14.4. The van der Waals surface area contributed by atoms with Crippen molar-refractivity contribution in [3.8, 4) is 44.8 Å². The molecule has 284 valence electrons. The third-order valence-corrected chi connectivity index (χ3v) is 11.5. The number of hydrogen-bond acceptors (Lipinski definition) is 0. The van der Waals surface area contributed by atoms with Gasteiger partial charge in [0.1, 0.15) is 0 Å². The van der Waals surface area contributed by atoms with E-state index in [0.717, 1.165) is 89.4 Å². The molecule has 0 fully saturated rings. The van der Waals surface area contributed by atoms with E-state index in [2.05, 4.69) is 137 Å². The Kier molecular flexibility index (Phi) is 8.33. The molecular weight excluding hydrogens is 736 g/mol. The minimum Gasteiger partial charge on any atom is -0.308 e. The van der Waals surface area contributed by atoms with Gasteiger partial charge in [-0.3, -0.25) is 0 Å². The molecule has 59 heavy (non-hydrogen) atoms. The molecule has 6 heteroatoms. The summed E-state index contributed by atoms with van der Waals surface area (Å²) in [6, 6.07) is 54.2. The summed E-state index contributed by atoms with van der Waals surface area (Å²) in [6.07, 6.45) is -4.56. The van der Waals surface area contributed by atoms with Gasteiger partial charge in [-0.2, -0.15) is 13.2 Å². The number of para-hydroxylation sites is 2. The molecule has 0 saturated heterocycles. The number of aryl methyl sites for hydroxylation is 3. The van der Waals surface area contributed by atoms with Crippen molar-refractivity contribution in [2.45, 2.75) is 26.9 Å². The van der Waals surface area contributed by atoms with Gasteiger partial charge in [0, 0.05) is 21.5 Å². The number of hydrogen-bond donors (Lipinski definition) is 0. The maximum atomic E-state index is 14.4. The Labute approximate surface area is 339 Å². The van der Waals surface area contributed by atoms with E-state index >= 15 is 0 Å². The van der Waals surface area contributed by atoms with E-state index < -0.39 is 11.7 Å². The molecule has 3 nitrogen and oxygen atoms in total. The number of benzene rings is 8. The van der Waals surface area contributed by atoms with Crippen molar-refractivity contribution in [3.63, 3.8) is 0 Å². The van der Waals surface area contributed by atoms with Crippen molar-refractivity contribution in [2.75, 3.05) is 0 Å². The van der Waals surface area contributed by atoms with E-state index in [4.69, 9.17) is 6.57 Å². The molecule has 0 spiro atoms. The first kappa shape index (κ1) is 36.0. The monoisotopic (exact) mass is 771 g/mol. The SMILES string of the molecule is [C-]#[N+]c1cc(-n2c3ccccc3c3ccc(-c4ccc(C)cc4)cc32)c(-n2c3ccccc3c3ccc(-c4ccc(C)cc4)cc32)cc1-c1cc(C)cc(C(F)(F)F)c1. The molecule has 0 bridgehead atoms. The predicted octanol–water partition coefficient (Wildman–Crippen LogP) is 15.4. The van der Waals surface area contributed by atoms with Gasteiger partial charge in [-0.1, -0.05) is 126 Å². The molecule has 2 heterocycles. The van der Waals surface area contributed by atoms with Crippen LogP contribution in [0, 0.1) is 27.3 Å². The first-order valence-corrected chi connectivity index (χ1v) is 19.5. The molecule has 0 aliphatic rings. The van der Waals surface area contributed by atoms with Crippen LogP contribution in [0.3, 0.4) is 0 Å². The number of rotatable bonds is 5. The van der Waals surface area contributed by atoms with E-state index in [1.54, 1.807) is 13.0 Å². The average molecular weight is 772 g/mol. The van der Waals surface area contributed by atoms with Crippen molar-refractivity contribution in [1.82, 2.24) is 9.13 Å². The molecule has 0 radical (unpaired) electrons. The molecule has 8 aromatic carbocycles. The highest BCUT2D eigenvalue weighted by molar-refractivity contribution is 6.13. The number of halogens is 3. The highest BCUT2D eigenvalue weighted by atomic mass is 19.4. The predicted molar refractivity (Wildman–Crippen MR) is 237 cm³/mol. The molecule has 0 amide bonds. The molecule has 0 unspecified atom stereocenters. The second-order valence-electron chi connectivity index (χ2n) is 15.5. The van der Waals surface area contributed by atoms with Crippen LogP contribution in [-0.4, -0.2) is 9.13 Å². The molecule has 10 rings (SSSR count). The Hall–Kier alpha value is -7.36. The largest absolute Gasteiger partial charge is 0.416 e. The Balaban J connectivity index is 1.36. The fourth-order valence-corrected chi connectivity index (χ4v) is 8.66. The second kappa shape index (κ2) is 13.6. The number of alkyl halides is 3. The number of nitrogens with zero attached hydrogens (tertiary/aromatic N) is 3. The zero-order chi connectivity index (χ0) is 40.6. The third-order valence-electron chi connectivity index (χ3n) is 11.5. The van der Waals surface area contributed by atoms with Crippen LogP contribution in [-0.2, 0) is 6.18 Å². The molecular formula is C53H36F3N3. The van der Waals surface area contributed by atoms with Gasteiger partial charge in [0.15, 0.2) is 5.69 Å². The van der Waals surface area contributed by atoms with Crippen LogP contribution >= 0.6 is 0 Å². The minimum absolute atomic E-state index is 0.254. The lowest BCUT2D eigenvalue weighted by Gasteiger charge is -2.20. The average Bonchev–Trinajstić information content (AvgIpc) is 3.75. The van der Waals surface area contributed by atoms with Crippen molar-refractivity contribution >= 4 is 49.3 Å². The van der Waals surface area contributed by atoms with Crippen LogP contribution < -0.4 is 0 Å². The summed E-state index contributed by atoms with van der Waals surface area (Å²) in [5.74, 6) is 0. The van der Waals surface area contributed by atoms with Gasteiger partial charge in [0.05, 0.1) is 45.6 Å². The zero-order valence-electron chi connectivity index (χ0n) is 32.6. The van der Waals surface area contributed by atoms with E-state index in [0.29, 0.717) is 16.7 Å². The van der Waals surface area contributed by atoms with Crippen LogP contribution in [0.2, 0.25) is 0 Å². The van der Waals surface area contributed by atoms with Crippen LogP contribution in [0.15, 0.2) is 164 Å². The summed E-state index contributed by atoms with van der Waals surface area (Å²) in [5, 5.41) is 4.18. The van der Waals surface area contributed by atoms with Gasteiger partial charge in [-0.25, -0.2) is 4.85 Å². The highest BCUT2D eigenvalue weighted by Crippen LogP contribution is 2.45. The molecule has 0 saturated carbocycles. The van der Waals surface area contributed by atoms with Gasteiger partial charge < -0.3 is 9.13 Å². The van der Waals surface area contributed by atoms with Crippen molar-refractivity contribution in [1.29, 1.82) is 0 Å². The lowest BCUT2D eigenvalue weighted by molar-refractivity contribution is -0.137. The minimum atomic E-state index is -4.56. The Morgan fingerprint density at radius 2 is 0.881 bits per heavy atom. The van der Waals surface area contributed by atoms with E-state index in [-0.39, 0.29) is 5.69 Å². The van der Waals surface area contributed by atoms with Crippen LogP contribution in [0.1, 0.15) is 22.3 Å². The lowest BCUT2D eigenvalue weighted by Crippen LogP contribution is -2.06. The fraction of sp³-hybridized carbons (Fsp3) is 0.0755. The Bertz CT molecular complexity index is 3340. The van der Waals surface area contributed by atoms with Gasteiger partial charge >= 0.3 is 6.18 Å². The third kappa shape index (κ3) is 6.06. The van der Waals surface area contributed by atoms with Gasteiger partial charge in [-0.05, 0) is 108 Å². The molecule has 0 aliphatic carbocycles. The number of aromatic nitrogens is 2. The zero-order valence-corrected chi connectivity index (χ0v) is 32.6. The van der Waals surface area contributed by atoms with E-state index in [1.807, 2.05) is 36.4 Å². The summed E-state index contributed by atoms with van der Waals surface area (Å²) in [4.78, 5) is 4.03. The molecule has 0 atom stereocenters. The van der Waals surface area contributed by atoms with Gasteiger partial charge in [0.25, 0.3) is 0 Å². The van der Waals surface area contributed by atoms with Crippen LogP contribution in [0.25, 0.3) is 93.2 Å². The first-order valence-electron chi connectivity index (χ1n) is 19.5. The normalized spacial score (nSPS) is 11.9. The standard InChI is InChI=1S/C53H36F3N3/c1-32-13-17-35(18-14-32)37-21-23-43-41-9-5-7-11-47(41)58(49(43)28-37)51-30-45(39-25-34(3)26-40(27-39)53(54,55)56)46(57-4)31-52(51)59-48-12-8-6-10-42(48)44-24-22-38(29-50(44)59)36-19-15-33(2)16-20-36/h5-31H,1-3H3. The van der Waals surface area contributed by atoms with Crippen molar-refractivity contribution < 1.29 is 13.2 Å². The molecule has 0 aliphatic heterocycles. The molecule has 10 aromatic rings. The topological polar surface area (TPSA) is 14.2 Å². The fourth-order valence-electron chi connectivity index (χ4n) is 8.66.